The average molecular weight is 342 g/mol. The van der Waals surface area contributed by atoms with Crippen molar-refractivity contribution >= 4 is 17.2 Å². The van der Waals surface area contributed by atoms with E-state index in [1.54, 1.807) is 11.3 Å². The molecule has 4 rings (SSSR count). The zero-order chi connectivity index (χ0) is 16.5. The fraction of sp³-hybridized carbons (Fsp3) is 0.421. The number of amides is 1. The summed E-state index contributed by atoms with van der Waals surface area (Å²) in [5.41, 5.74) is 3.23. The van der Waals surface area contributed by atoms with Gasteiger partial charge < -0.3 is 9.64 Å². The summed E-state index contributed by atoms with van der Waals surface area (Å²) in [6.45, 7) is 6.05. The molecular formula is C19H22N2O2S. The number of hydrogen-bond donors (Lipinski definition) is 0. The van der Waals surface area contributed by atoms with E-state index in [4.69, 9.17) is 4.74 Å². The second-order valence-electron chi connectivity index (χ2n) is 6.61. The maximum atomic E-state index is 12.8. The van der Waals surface area contributed by atoms with Gasteiger partial charge in [0, 0.05) is 31.6 Å². The number of ether oxygens (including phenoxy) is 1. The number of benzene rings is 1. The molecule has 0 radical (unpaired) electrons. The number of likely N-dealkylation sites (tertiary alicyclic amines) is 1. The summed E-state index contributed by atoms with van der Waals surface area (Å²) in [6.07, 6.45) is 0.130. The largest absolute Gasteiger partial charge is 0.373 e. The van der Waals surface area contributed by atoms with Crippen LogP contribution in [0, 0.1) is 6.92 Å². The number of carbonyl (C=O) groups is 1. The van der Waals surface area contributed by atoms with Gasteiger partial charge in [0.25, 0.3) is 5.91 Å². The molecule has 2 atom stereocenters. The van der Waals surface area contributed by atoms with Crippen LogP contribution in [-0.4, -0.2) is 54.1 Å². The molecule has 0 unspecified atom stereocenters. The molecule has 1 aromatic heterocycles. The third-order valence-electron chi connectivity index (χ3n) is 5.02. The zero-order valence-electron chi connectivity index (χ0n) is 13.9. The number of rotatable bonds is 3. The van der Waals surface area contributed by atoms with Gasteiger partial charge in [-0.25, -0.2) is 0 Å². The molecule has 2 aromatic rings. The minimum absolute atomic E-state index is 0.130. The normalized spacial score (nSPS) is 24.1. The van der Waals surface area contributed by atoms with E-state index < -0.39 is 0 Å². The highest BCUT2D eigenvalue weighted by molar-refractivity contribution is 7.08. The average Bonchev–Trinajstić information content (AvgIpc) is 3.22. The molecule has 0 N–H and O–H groups in total. The summed E-state index contributed by atoms with van der Waals surface area (Å²) < 4.78 is 5.96. The van der Waals surface area contributed by atoms with Crippen LogP contribution < -0.4 is 0 Å². The number of hydrogen-bond acceptors (Lipinski definition) is 4. The standard InChI is InChI=1S/C19H22N2O2S/c1-14-12-24-13-16(14)19(22)21-10-17-18(11-21)23-8-7-20(17)9-15-5-3-2-4-6-15/h2-6,12-13,17-18H,7-11H2,1H3/t17-,18+/m1/s1. The van der Waals surface area contributed by atoms with E-state index >= 15 is 0 Å². The Bertz CT molecular complexity index is 715. The van der Waals surface area contributed by atoms with Crippen LogP contribution in [0.3, 0.4) is 0 Å². The van der Waals surface area contributed by atoms with Crippen molar-refractivity contribution in [2.24, 2.45) is 0 Å². The molecule has 2 fully saturated rings. The molecule has 5 heteroatoms. The molecule has 0 aliphatic carbocycles. The maximum Gasteiger partial charge on any atom is 0.255 e. The van der Waals surface area contributed by atoms with Gasteiger partial charge in [-0.1, -0.05) is 30.3 Å². The van der Waals surface area contributed by atoms with Crippen LogP contribution in [-0.2, 0) is 11.3 Å². The fourth-order valence-corrected chi connectivity index (χ4v) is 4.51. The third-order valence-corrected chi connectivity index (χ3v) is 5.88. The lowest BCUT2D eigenvalue weighted by molar-refractivity contribution is -0.0503. The van der Waals surface area contributed by atoms with Crippen LogP contribution in [0.5, 0.6) is 0 Å². The Balaban J connectivity index is 1.48. The van der Waals surface area contributed by atoms with Gasteiger partial charge in [-0.15, -0.1) is 0 Å². The van der Waals surface area contributed by atoms with Crippen molar-refractivity contribution in [1.82, 2.24) is 9.80 Å². The smallest absolute Gasteiger partial charge is 0.255 e. The highest BCUT2D eigenvalue weighted by Gasteiger charge is 2.42. The summed E-state index contributed by atoms with van der Waals surface area (Å²) in [6, 6.07) is 10.8. The first kappa shape index (κ1) is 15.8. The molecule has 126 valence electrons. The topological polar surface area (TPSA) is 32.8 Å². The van der Waals surface area contributed by atoms with E-state index in [1.807, 2.05) is 28.7 Å². The van der Waals surface area contributed by atoms with Crippen LogP contribution in [0.15, 0.2) is 41.1 Å². The van der Waals surface area contributed by atoms with Gasteiger partial charge in [0.15, 0.2) is 0 Å². The lowest BCUT2D eigenvalue weighted by Crippen LogP contribution is -2.50. The van der Waals surface area contributed by atoms with Gasteiger partial charge >= 0.3 is 0 Å². The van der Waals surface area contributed by atoms with Gasteiger partial charge in [0.2, 0.25) is 0 Å². The van der Waals surface area contributed by atoms with E-state index in [0.717, 1.165) is 37.4 Å². The molecule has 1 amide bonds. The summed E-state index contributed by atoms with van der Waals surface area (Å²) in [4.78, 5) is 17.2. The van der Waals surface area contributed by atoms with Gasteiger partial charge in [-0.05, 0) is 23.4 Å². The molecule has 24 heavy (non-hydrogen) atoms. The Kier molecular flexibility index (Phi) is 4.39. The predicted molar refractivity (Wildman–Crippen MR) is 95.3 cm³/mol. The van der Waals surface area contributed by atoms with Crippen molar-refractivity contribution in [1.29, 1.82) is 0 Å². The molecule has 2 aliphatic heterocycles. The summed E-state index contributed by atoms with van der Waals surface area (Å²) in [5.74, 6) is 0.145. The van der Waals surface area contributed by atoms with Crippen molar-refractivity contribution in [2.75, 3.05) is 26.2 Å². The molecule has 3 heterocycles. The maximum absolute atomic E-state index is 12.8. The number of morpholine rings is 1. The SMILES string of the molecule is Cc1cscc1C(=O)N1C[C@@H]2OCCN(Cc3ccccc3)[C@@H]2C1. The number of aryl methyl sites for hydroxylation is 1. The van der Waals surface area contributed by atoms with E-state index in [-0.39, 0.29) is 12.0 Å². The van der Waals surface area contributed by atoms with Crippen LogP contribution in [0.25, 0.3) is 0 Å². The Morgan fingerprint density at radius 1 is 1.25 bits per heavy atom. The molecule has 0 bridgehead atoms. The van der Waals surface area contributed by atoms with Crippen molar-refractivity contribution in [3.63, 3.8) is 0 Å². The van der Waals surface area contributed by atoms with Crippen molar-refractivity contribution in [3.05, 3.63) is 57.8 Å². The Hall–Kier alpha value is -1.69. The summed E-state index contributed by atoms with van der Waals surface area (Å²) in [7, 11) is 0. The first-order valence-corrected chi connectivity index (χ1v) is 9.38. The van der Waals surface area contributed by atoms with Crippen molar-refractivity contribution in [3.8, 4) is 0 Å². The minimum Gasteiger partial charge on any atom is -0.373 e. The molecular weight excluding hydrogens is 320 g/mol. The molecule has 1 aromatic carbocycles. The van der Waals surface area contributed by atoms with Gasteiger partial charge in [0.05, 0.1) is 24.3 Å². The fourth-order valence-electron chi connectivity index (χ4n) is 3.69. The zero-order valence-corrected chi connectivity index (χ0v) is 14.7. The number of thiophene rings is 1. The van der Waals surface area contributed by atoms with Crippen LogP contribution >= 0.6 is 11.3 Å². The minimum atomic E-state index is 0.130. The second-order valence-corrected chi connectivity index (χ2v) is 7.35. The first-order valence-electron chi connectivity index (χ1n) is 8.44. The van der Waals surface area contributed by atoms with Gasteiger partial charge in [-0.2, -0.15) is 11.3 Å². The quantitative estimate of drug-likeness (QED) is 0.860. The second kappa shape index (κ2) is 6.67. The Morgan fingerprint density at radius 2 is 2.08 bits per heavy atom. The predicted octanol–water partition coefficient (Wildman–Crippen LogP) is 2.78. The molecule has 0 saturated carbocycles. The van der Waals surface area contributed by atoms with E-state index in [0.29, 0.717) is 12.6 Å². The van der Waals surface area contributed by atoms with Crippen LogP contribution in [0.2, 0.25) is 0 Å². The van der Waals surface area contributed by atoms with Gasteiger partial charge in [-0.3, -0.25) is 9.69 Å². The van der Waals surface area contributed by atoms with E-state index in [1.165, 1.54) is 5.56 Å². The lowest BCUT2D eigenvalue weighted by atomic mass is 10.1. The molecule has 2 saturated heterocycles. The molecule has 4 nitrogen and oxygen atoms in total. The van der Waals surface area contributed by atoms with E-state index in [9.17, 15) is 4.79 Å². The summed E-state index contributed by atoms with van der Waals surface area (Å²) >= 11 is 1.59. The molecule has 0 spiro atoms. The Labute approximate surface area is 146 Å². The lowest BCUT2D eigenvalue weighted by Gasteiger charge is -2.36. The number of carbonyl (C=O) groups excluding carboxylic acids is 1. The van der Waals surface area contributed by atoms with Crippen molar-refractivity contribution < 1.29 is 9.53 Å². The molecule has 2 aliphatic rings. The van der Waals surface area contributed by atoms with Crippen LogP contribution in [0.4, 0.5) is 0 Å². The van der Waals surface area contributed by atoms with E-state index in [2.05, 4.69) is 29.2 Å². The summed E-state index contributed by atoms with van der Waals surface area (Å²) in [5, 5.41) is 4.00. The van der Waals surface area contributed by atoms with Crippen molar-refractivity contribution in [2.45, 2.75) is 25.6 Å². The Morgan fingerprint density at radius 3 is 2.83 bits per heavy atom. The highest BCUT2D eigenvalue weighted by atomic mass is 32.1. The first-order chi connectivity index (χ1) is 11.7. The van der Waals surface area contributed by atoms with Crippen LogP contribution in [0.1, 0.15) is 21.5 Å². The monoisotopic (exact) mass is 342 g/mol. The number of fused-ring (bicyclic) bond motifs is 1. The number of nitrogens with zero attached hydrogens (tertiary/aromatic N) is 2. The van der Waals surface area contributed by atoms with Gasteiger partial charge in [0.1, 0.15) is 0 Å². The third kappa shape index (κ3) is 2.99. The highest BCUT2D eigenvalue weighted by Crippen LogP contribution is 2.27.